The van der Waals surface area contributed by atoms with E-state index >= 15 is 0 Å². The summed E-state index contributed by atoms with van der Waals surface area (Å²) >= 11 is 0. The standard InChI is InChI=1S/C16H23NO6S2/c1-12(2)10-17(13-5-8-24(18,19)11-13)25(20,21)14-3-4-15-16(9-14)23-7-6-22-15/h3-4,9,12-13H,5-8,10-11H2,1-2H3. The molecule has 0 saturated carbocycles. The summed E-state index contributed by atoms with van der Waals surface area (Å²) in [6.07, 6.45) is 0.332. The minimum absolute atomic E-state index is 0.0307. The predicted octanol–water partition coefficient (Wildman–Crippen LogP) is 1.29. The Morgan fingerprint density at radius 2 is 1.88 bits per heavy atom. The number of ether oxygens (including phenoxy) is 2. The van der Waals surface area contributed by atoms with Crippen LogP contribution in [0.5, 0.6) is 11.5 Å². The van der Waals surface area contributed by atoms with Gasteiger partial charge < -0.3 is 9.47 Å². The molecule has 0 spiro atoms. The quantitative estimate of drug-likeness (QED) is 0.754. The zero-order chi connectivity index (χ0) is 18.2. The Morgan fingerprint density at radius 3 is 2.48 bits per heavy atom. The van der Waals surface area contributed by atoms with Crippen LogP contribution in [0, 0.1) is 5.92 Å². The van der Waals surface area contributed by atoms with Crippen LogP contribution in [0.2, 0.25) is 0 Å². The molecule has 0 radical (unpaired) electrons. The van der Waals surface area contributed by atoms with Crippen LogP contribution in [-0.4, -0.2) is 58.4 Å². The van der Waals surface area contributed by atoms with Gasteiger partial charge >= 0.3 is 0 Å². The molecule has 0 aromatic heterocycles. The second-order valence-electron chi connectivity index (χ2n) is 6.83. The number of rotatable bonds is 5. The lowest BCUT2D eigenvalue weighted by atomic mass is 10.2. The van der Waals surface area contributed by atoms with Crippen LogP contribution < -0.4 is 9.47 Å². The molecule has 2 aliphatic heterocycles. The van der Waals surface area contributed by atoms with Crippen LogP contribution in [0.4, 0.5) is 0 Å². The molecule has 1 saturated heterocycles. The van der Waals surface area contributed by atoms with E-state index in [1.54, 1.807) is 6.07 Å². The van der Waals surface area contributed by atoms with Gasteiger partial charge in [-0.2, -0.15) is 4.31 Å². The second kappa shape index (κ2) is 6.77. The van der Waals surface area contributed by atoms with E-state index in [9.17, 15) is 16.8 Å². The molecule has 0 N–H and O–H groups in total. The minimum atomic E-state index is -3.83. The highest BCUT2D eigenvalue weighted by molar-refractivity contribution is 7.92. The van der Waals surface area contributed by atoms with Crippen molar-refractivity contribution in [1.29, 1.82) is 0 Å². The van der Waals surface area contributed by atoms with E-state index in [0.717, 1.165) is 0 Å². The Balaban J connectivity index is 1.96. The highest BCUT2D eigenvalue weighted by Crippen LogP contribution is 2.34. The lowest BCUT2D eigenvalue weighted by Gasteiger charge is -2.29. The van der Waals surface area contributed by atoms with Gasteiger partial charge in [-0.25, -0.2) is 16.8 Å². The molecule has 2 aliphatic rings. The third-order valence-electron chi connectivity index (χ3n) is 4.28. The molecule has 9 heteroatoms. The number of hydrogen-bond donors (Lipinski definition) is 0. The van der Waals surface area contributed by atoms with Crippen LogP contribution in [0.15, 0.2) is 23.1 Å². The van der Waals surface area contributed by atoms with E-state index in [0.29, 0.717) is 31.1 Å². The minimum Gasteiger partial charge on any atom is -0.486 e. The Kier molecular flexibility index (Phi) is 5.00. The monoisotopic (exact) mass is 389 g/mol. The number of sulfonamides is 1. The van der Waals surface area contributed by atoms with Gasteiger partial charge in [0.15, 0.2) is 21.3 Å². The fourth-order valence-electron chi connectivity index (χ4n) is 3.13. The van der Waals surface area contributed by atoms with Gasteiger partial charge in [0.05, 0.1) is 16.4 Å². The van der Waals surface area contributed by atoms with Crippen molar-refractivity contribution >= 4 is 19.9 Å². The number of sulfone groups is 1. The number of fused-ring (bicyclic) bond motifs is 1. The molecule has 140 valence electrons. The molecule has 1 aromatic rings. The maximum Gasteiger partial charge on any atom is 0.243 e. The van der Waals surface area contributed by atoms with Gasteiger partial charge in [0.25, 0.3) is 0 Å². The average Bonchev–Trinajstić information content (AvgIpc) is 2.91. The van der Waals surface area contributed by atoms with Crippen LogP contribution >= 0.6 is 0 Å². The Bertz CT molecular complexity index is 847. The van der Waals surface area contributed by atoms with Crippen molar-refractivity contribution in [2.75, 3.05) is 31.3 Å². The summed E-state index contributed by atoms with van der Waals surface area (Å²) < 4.78 is 62.3. The number of nitrogens with zero attached hydrogens (tertiary/aromatic N) is 1. The smallest absolute Gasteiger partial charge is 0.243 e. The van der Waals surface area contributed by atoms with Crippen molar-refractivity contribution in [2.45, 2.75) is 31.2 Å². The first-order valence-corrected chi connectivity index (χ1v) is 11.6. The first-order valence-electron chi connectivity index (χ1n) is 8.31. The fourth-order valence-corrected chi connectivity index (χ4v) is 6.78. The van der Waals surface area contributed by atoms with Gasteiger partial charge in [-0.15, -0.1) is 0 Å². The molecule has 3 rings (SSSR count). The van der Waals surface area contributed by atoms with Crippen LogP contribution in [0.3, 0.4) is 0 Å². The first kappa shape index (κ1) is 18.5. The van der Waals surface area contributed by atoms with Crippen LogP contribution in [0.25, 0.3) is 0 Å². The van der Waals surface area contributed by atoms with Crippen molar-refractivity contribution in [3.8, 4) is 11.5 Å². The number of benzene rings is 1. The van der Waals surface area contributed by atoms with Crippen LogP contribution in [-0.2, 0) is 19.9 Å². The van der Waals surface area contributed by atoms with Crippen LogP contribution in [0.1, 0.15) is 20.3 Å². The van der Waals surface area contributed by atoms with E-state index in [2.05, 4.69) is 0 Å². The molecule has 25 heavy (non-hydrogen) atoms. The Hall–Kier alpha value is -1.32. The molecule has 0 aliphatic carbocycles. The largest absolute Gasteiger partial charge is 0.486 e. The normalized spacial score (nSPS) is 22.5. The van der Waals surface area contributed by atoms with Gasteiger partial charge in [0.1, 0.15) is 13.2 Å². The third kappa shape index (κ3) is 3.93. The van der Waals surface area contributed by atoms with Crippen molar-refractivity contribution in [3.05, 3.63) is 18.2 Å². The SMILES string of the molecule is CC(C)CN(C1CCS(=O)(=O)C1)S(=O)(=O)c1ccc2c(c1)OCCO2. The number of hydrogen-bond acceptors (Lipinski definition) is 6. The average molecular weight is 389 g/mol. The molecule has 1 unspecified atom stereocenters. The van der Waals surface area contributed by atoms with E-state index in [4.69, 9.17) is 9.47 Å². The molecule has 1 aromatic carbocycles. The van der Waals surface area contributed by atoms with Crippen molar-refractivity contribution in [1.82, 2.24) is 4.31 Å². The topological polar surface area (TPSA) is 90.0 Å². The maximum absolute atomic E-state index is 13.2. The van der Waals surface area contributed by atoms with Gasteiger partial charge in [0, 0.05) is 18.7 Å². The summed E-state index contributed by atoms with van der Waals surface area (Å²) in [6.45, 7) is 4.90. The highest BCUT2D eigenvalue weighted by atomic mass is 32.2. The molecule has 0 amide bonds. The molecule has 2 heterocycles. The molecular formula is C16H23NO6S2. The Morgan fingerprint density at radius 1 is 1.20 bits per heavy atom. The molecule has 1 atom stereocenters. The second-order valence-corrected chi connectivity index (χ2v) is 11.0. The van der Waals surface area contributed by atoms with E-state index in [-0.39, 0.29) is 28.9 Å². The van der Waals surface area contributed by atoms with Gasteiger partial charge in [0.2, 0.25) is 10.0 Å². The summed E-state index contributed by atoms with van der Waals surface area (Å²) in [5.74, 6) is 0.905. The third-order valence-corrected chi connectivity index (χ3v) is 7.95. The van der Waals surface area contributed by atoms with Gasteiger partial charge in [-0.1, -0.05) is 13.8 Å². The van der Waals surface area contributed by atoms with E-state index < -0.39 is 25.9 Å². The summed E-state index contributed by atoms with van der Waals surface area (Å²) in [4.78, 5) is 0.0988. The lowest BCUT2D eigenvalue weighted by molar-refractivity contribution is 0.171. The molecule has 7 nitrogen and oxygen atoms in total. The Labute approximate surface area is 148 Å². The highest BCUT2D eigenvalue weighted by Gasteiger charge is 2.39. The van der Waals surface area contributed by atoms with Crippen molar-refractivity contribution in [2.24, 2.45) is 5.92 Å². The maximum atomic E-state index is 13.2. The zero-order valence-electron chi connectivity index (χ0n) is 14.3. The molecular weight excluding hydrogens is 366 g/mol. The first-order chi connectivity index (χ1) is 11.7. The van der Waals surface area contributed by atoms with E-state index in [1.807, 2.05) is 13.8 Å². The molecule has 1 fully saturated rings. The summed E-state index contributed by atoms with van der Waals surface area (Å²) in [7, 11) is -7.01. The van der Waals surface area contributed by atoms with Crippen molar-refractivity contribution < 1.29 is 26.3 Å². The summed E-state index contributed by atoms with van der Waals surface area (Å²) in [5.41, 5.74) is 0. The lowest BCUT2D eigenvalue weighted by Crippen LogP contribution is -2.43. The van der Waals surface area contributed by atoms with Gasteiger partial charge in [-0.3, -0.25) is 0 Å². The molecule has 0 bridgehead atoms. The summed E-state index contributed by atoms with van der Waals surface area (Å²) in [5, 5.41) is 0. The van der Waals surface area contributed by atoms with Crippen molar-refractivity contribution in [3.63, 3.8) is 0 Å². The predicted molar refractivity (Wildman–Crippen MR) is 93.2 cm³/mol. The fraction of sp³-hybridized carbons (Fsp3) is 0.625. The zero-order valence-corrected chi connectivity index (χ0v) is 16.0. The van der Waals surface area contributed by atoms with E-state index in [1.165, 1.54) is 16.4 Å². The summed E-state index contributed by atoms with van der Waals surface area (Å²) in [6, 6.07) is 4.01. The van der Waals surface area contributed by atoms with Gasteiger partial charge in [-0.05, 0) is 24.5 Å².